The third-order valence-electron chi connectivity index (χ3n) is 7.06. The molecule has 0 aliphatic carbocycles. The first-order valence-electron chi connectivity index (χ1n) is 13.0. The van der Waals surface area contributed by atoms with Gasteiger partial charge in [-0.05, 0) is 72.5 Å². The Hall–Kier alpha value is -4.59. The molecule has 204 valence electrons. The first-order valence-corrected chi connectivity index (χ1v) is 13.0. The summed E-state index contributed by atoms with van der Waals surface area (Å²) in [4.78, 5) is 29.7. The van der Waals surface area contributed by atoms with Crippen LogP contribution in [0.25, 0.3) is 11.1 Å². The minimum atomic E-state index is -4.53. The Labute approximate surface area is 230 Å². The normalized spacial score (nSPS) is 13.2. The third-order valence-corrected chi connectivity index (χ3v) is 7.06. The van der Waals surface area contributed by atoms with E-state index in [2.05, 4.69) is 5.32 Å². The second-order valence-corrected chi connectivity index (χ2v) is 9.70. The Morgan fingerprint density at radius 2 is 1.48 bits per heavy atom. The molecular weight excluding hydrogens is 515 g/mol. The van der Waals surface area contributed by atoms with Gasteiger partial charge in [-0.25, -0.2) is 0 Å². The number of anilines is 3. The summed E-state index contributed by atoms with van der Waals surface area (Å²) in [5.41, 5.74) is 2.99. The van der Waals surface area contributed by atoms with Crippen molar-refractivity contribution in [2.75, 3.05) is 35.3 Å². The van der Waals surface area contributed by atoms with Crippen molar-refractivity contribution in [3.05, 3.63) is 114 Å². The van der Waals surface area contributed by atoms with Crippen LogP contribution in [0.15, 0.2) is 97.1 Å². The molecule has 2 amide bonds. The molecule has 1 saturated heterocycles. The molecule has 5 nitrogen and oxygen atoms in total. The van der Waals surface area contributed by atoms with E-state index >= 15 is 0 Å². The highest BCUT2D eigenvalue weighted by Crippen LogP contribution is 2.38. The smallest absolute Gasteiger partial charge is 0.370 e. The Bertz CT molecular complexity index is 1510. The first kappa shape index (κ1) is 27.0. The third kappa shape index (κ3) is 5.71. The van der Waals surface area contributed by atoms with E-state index in [-0.39, 0.29) is 17.2 Å². The maximum absolute atomic E-state index is 13.5. The molecule has 0 aromatic heterocycles. The van der Waals surface area contributed by atoms with Crippen molar-refractivity contribution in [2.45, 2.75) is 19.0 Å². The van der Waals surface area contributed by atoms with E-state index in [0.717, 1.165) is 49.2 Å². The van der Waals surface area contributed by atoms with Gasteiger partial charge in [0, 0.05) is 37.0 Å². The summed E-state index contributed by atoms with van der Waals surface area (Å²) in [6.45, 7) is 1.45. The van der Waals surface area contributed by atoms with E-state index in [9.17, 15) is 22.8 Å². The largest absolute Gasteiger partial charge is 0.416 e. The van der Waals surface area contributed by atoms with Crippen LogP contribution in [0.3, 0.4) is 0 Å². The van der Waals surface area contributed by atoms with Crippen molar-refractivity contribution >= 4 is 28.9 Å². The second kappa shape index (κ2) is 11.3. The van der Waals surface area contributed by atoms with E-state index in [0.29, 0.717) is 16.9 Å². The maximum Gasteiger partial charge on any atom is 0.416 e. The number of hydrogen-bond donors (Lipinski definition) is 1. The summed E-state index contributed by atoms with van der Waals surface area (Å²) in [6, 6.07) is 26.7. The standard InChI is InChI=1S/C32H28F3N3O2/c1-37(29-21-24(32(33,34)35)15-18-28(29)38-19-7-8-20-38)31(40)23-13-16-25(17-14-23)36-30(39)27-12-6-5-11-26(27)22-9-3-2-4-10-22/h2-6,9-18,21H,7-8,19-20H2,1H3,(H,36,39). The predicted molar refractivity (Wildman–Crippen MR) is 152 cm³/mol. The summed E-state index contributed by atoms with van der Waals surface area (Å²) in [5.74, 6) is -0.748. The molecule has 0 atom stereocenters. The SMILES string of the molecule is CN(C(=O)c1ccc(NC(=O)c2ccccc2-c2ccccc2)cc1)c1cc(C(F)(F)F)ccc1N1CCCC1. The molecule has 4 aromatic rings. The highest BCUT2D eigenvalue weighted by Gasteiger charge is 2.33. The Morgan fingerprint density at radius 3 is 2.15 bits per heavy atom. The van der Waals surface area contributed by atoms with Gasteiger partial charge in [-0.15, -0.1) is 0 Å². The molecule has 5 rings (SSSR count). The van der Waals surface area contributed by atoms with Gasteiger partial charge >= 0.3 is 6.18 Å². The quantitative estimate of drug-likeness (QED) is 0.274. The molecule has 0 unspecified atom stereocenters. The lowest BCUT2D eigenvalue weighted by molar-refractivity contribution is -0.137. The van der Waals surface area contributed by atoms with E-state index < -0.39 is 17.6 Å². The van der Waals surface area contributed by atoms with Gasteiger partial charge in [0.05, 0.1) is 16.9 Å². The topological polar surface area (TPSA) is 52.7 Å². The van der Waals surface area contributed by atoms with Crippen LogP contribution in [-0.2, 0) is 6.18 Å². The Morgan fingerprint density at radius 1 is 0.825 bits per heavy atom. The van der Waals surface area contributed by atoms with Crippen molar-refractivity contribution in [1.29, 1.82) is 0 Å². The number of rotatable bonds is 6. The number of halogens is 3. The Kier molecular flexibility index (Phi) is 7.60. The lowest BCUT2D eigenvalue weighted by Crippen LogP contribution is -2.29. The fraction of sp³-hybridized carbons (Fsp3) is 0.188. The summed E-state index contributed by atoms with van der Waals surface area (Å²) in [5, 5.41) is 2.87. The molecule has 1 N–H and O–H groups in total. The fourth-order valence-corrected chi connectivity index (χ4v) is 4.94. The number of amides is 2. The number of alkyl halides is 3. The van der Waals surface area contributed by atoms with Gasteiger partial charge in [-0.1, -0.05) is 48.5 Å². The number of carbonyl (C=O) groups is 2. The van der Waals surface area contributed by atoms with Crippen LogP contribution >= 0.6 is 0 Å². The van der Waals surface area contributed by atoms with Gasteiger partial charge in [0.25, 0.3) is 11.8 Å². The molecule has 0 saturated carbocycles. The summed E-state index contributed by atoms with van der Waals surface area (Å²) < 4.78 is 40.5. The molecule has 1 heterocycles. The van der Waals surface area contributed by atoms with Gasteiger partial charge in [-0.2, -0.15) is 13.2 Å². The summed E-state index contributed by atoms with van der Waals surface area (Å²) >= 11 is 0. The van der Waals surface area contributed by atoms with Gasteiger partial charge in [0.1, 0.15) is 0 Å². The van der Waals surface area contributed by atoms with E-state index in [1.165, 1.54) is 18.0 Å². The maximum atomic E-state index is 13.5. The number of hydrogen-bond acceptors (Lipinski definition) is 3. The number of nitrogens with one attached hydrogen (secondary N) is 1. The van der Waals surface area contributed by atoms with Crippen LogP contribution in [0.2, 0.25) is 0 Å². The minimum Gasteiger partial charge on any atom is -0.370 e. The van der Waals surface area contributed by atoms with Crippen LogP contribution in [0, 0.1) is 0 Å². The molecule has 0 radical (unpaired) electrons. The van der Waals surface area contributed by atoms with Crippen molar-refractivity contribution in [3.63, 3.8) is 0 Å². The molecule has 1 aliphatic heterocycles. The zero-order chi connectivity index (χ0) is 28.3. The van der Waals surface area contributed by atoms with Crippen molar-refractivity contribution < 1.29 is 22.8 Å². The second-order valence-electron chi connectivity index (χ2n) is 9.70. The molecule has 0 spiro atoms. The van der Waals surface area contributed by atoms with Gasteiger partial charge in [0.15, 0.2) is 0 Å². The highest BCUT2D eigenvalue weighted by atomic mass is 19.4. The molecule has 40 heavy (non-hydrogen) atoms. The van der Waals surface area contributed by atoms with Gasteiger partial charge in [0.2, 0.25) is 0 Å². The summed E-state index contributed by atoms with van der Waals surface area (Å²) in [6.07, 6.45) is -2.64. The van der Waals surface area contributed by atoms with Crippen LogP contribution in [0.1, 0.15) is 39.1 Å². The lowest BCUT2D eigenvalue weighted by atomic mass is 9.99. The lowest BCUT2D eigenvalue weighted by Gasteiger charge is -2.27. The van der Waals surface area contributed by atoms with E-state index in [4.69, 9.17) is 0 Å². The molecule has 1 fully saturated rings. The first-order chi connectivity index (χ1) is 19.2. The average Bonchev–Trinajstić information content (AvgIpc) is 3.51. The minimum absolute atomic E-state index is 0.205. The van der Waals surface area contributed by atoms with Crippen LogP contribution in [0.5, 0.6) is 0 Å². The van der Waals surface area contributed by atoms with Crippen molar-refractivity contribution in [2.24, 2.45) is 0 Å². The van der Waals surface area contributed by atoms with Crippen LogP contribution in [-0.4, -0.2) is 32.0 Å². The molecule has 0 bridgehead atoms. The zero-order valence-electron chi connectivity index (χ0n) is 21.9. The van der Waals surface area contributed by atoms with Gasteiger partial charge < -0.3 is 15.1 Å². The van der Waals surface area contributed by atoms with E-state index in [1.807, 2.05) is 47.4 Å². The fourth-order valence-electron chi connectivity index (χ4n) is 4.94. The van der Waals surface area contributed by atoms with Crippen LogP contribution < -0.4 is 15.1 Å². The van der Waals surface area contributed by atoms with E-state index in [1.54, 1.807) is 36.4 Å². The zero-order valence-corrected chi connectivity index (χ0v) is 21.9. The molecule has 4 aromatic carbocycles. The molecular formula is C32H28F3N3O2. The molecule has 8 heteroatoms. The van der Waals surface area contributed by atoms with Gasteiger partial charge in [-0.3, -0.25) is 9.59 Å². The number of carbonyl (C=O) groups excluding carboxylic acids is 2. The average molecular weight is 544 g/mol. The number of benzene rings is 4. The van der Waals surface area contributed by atoms with Crippen molar-refractivity contribution in [1.82, 2.24) is 0 Å². The molecule has 1 aliphatic rings. The predicted octanol–water partition coefficient (Wildman–Crippen LogP) is 7.50. The summed E-state index contributed by atoms with van der Waals surface area (Å²) in [7, 11) is 1.48. The van der Waals surface area contributed by atoms with Crippen molar-refractivity contribution in [3.8, 4) is 11.1 Å². The Balaban J connectivity index is 1.36. The number of nitrogens with zero attached hydrogens (tertiary/aromatic N) is 2. The monoisotopic (exact) mass is 543 g/mol. The highest BCUT2D eigenvalue weighted by molar-refractivity contribution is 6.10. The van der Waals surface area contributed by atoms with Crippen LogP contribution in [0.4, 0.5) is 30.2 Å².